The number of aliphatic hydroxyl groups is 1. The fraction of sp³-hybridized carbons (Fsp3) is 0.586. The van der Waals surface area contributed by atoms with E-state index in [-0.39, 0.29) is 29.8 Å². The molecule has 0 radical (unpaired) electrons. The summed E-state index contributed by atoms with van der Waals surface area (Å²) in [6.07, 6.45) is 7.95. The fourth-order valence-corrected chi connectivity index (χ4v) is 5.99. The Morgan fingerprint density at radius 1 is 0.857 bits per heavy atom. The number of benzene rings is 2. The average molecular weight is 491 g/mol. The van der Waals surface area contributed by atoms with E-state index in [1.54, 1.807) is 12.1 Å². The van der Waals surface area contributed by atoms with Gasteiger partial charge in [0.15, 0.2) is 23.2 Å². The first-order valence-corrected chi connectivity index (χ1v) is 13.1. The van der Waals surface area contributed by atoms with E-state index in [4.69, 9.17) is 4.74 Å². The summed E-state index contributed by atoms with van der Waals surface area (Å²) in [5.74, 6) is -1.60. The van der Waals surface area contributed by atoms with Gasteiger partial charge in [0.1, 0.15) is 5.75 Å². The Labute approximate surface area is 206 Å². The molecule has 0 spiro atoms. The molecule has 4 rings (SSSR count). The number of rotatable bonds is 8. The second-order valence-electron chi connectivity index (χ2n) is 10.5. The second kappa shape index (κ2) is 11.7. The van der Waals surface area contributed by atoms with Crippen LogP contribution in [0, 0.1) is 29.3 Å². The van der Waals surface area contributed by atoms with Crippen LogP contribution in [0.5, 0.6) is 11.5 Å². The van der Waals surface area contributed by atoms with Crippen LogP contribution >= 0.6 is 0 Å². The van der Waals surface area contributed by atoms with Gasteiger partial charge in [0, 0.05) is 6.07 Å². The standard InChI is InChI=1S/C29H37F3O3/c1-2-3-26(33)21-10-8-20(9-11-21)24-14-13-23(28(31)29(24)32)19-6-4-18(5-7-19)17-35-22-12-15-27(34)25(30)16-22/h12-16,18-21,26,33-34H,2-11,17H2,1H3. The highest BCUT2D eigenvalue weighted by molar-refractivity contribution is 5.33. The molecule has 0 bridgehead atoms. The van der Waals surface area contributed by atoms with Crippen molar-refractivity contribution in [3.63, 3.8) is 0 Å². The molecule has 1 atom stereocenters. The Hall–Kier alpha value is -2.21. The zero-order chi connectivity index (χ0) is 24.9. The van der Waals surface area contributed by atoms with Gasteiger partial charge in [-0.3, -0.25) is 0 Å². The van der Waals surface area contributed by atoms with Crippen LogP contribution in [0.25, 0.3) is 0 Å². The normalized spacial score (nSPS) is 25.9. The molecule has 1 unspecified atom stereocenters. The number of hydrogen-bond acceptors (Lipinski definition) is 3. The molecule has 192 valence electrons. The van der Waals surface area contributed by atoms with Crippen molar-refractivity contribution in [3.8, 4) is 11.5 Å². The van der Waals surface area contributed by atoms with E-state index in [0.29, 0.717) is 23.5 Å². The van der Waals surface area contributed by atoms with Gasteiger partial charge in [0.25, 0.3) is 0 Å². The summed E-state index contributed by atoms with van der Waals surface area (Å²) in [7, 11) is 0. The smallest absolute Gasteiger partial charge is 0.168 e. The molecular weight excluding hydrogens is 453 g/mol. The van der Waals surface area contributed by atoms with Crippen LogP contribution in [-0.4, -0.2) is 22.9 Å². The predicted molar refractivity (Wildman–Crippen MR) is 130 cm³/mol. The van der Waals surface area contributed by atoms with Gasteiger partial charge < -0.3 is 14.9 Å². The molecular formula is C29H37F3O3. The van der Waals surface area contributed by atoms with E-state index >= 15 is 8.78 Å². The van der Waals surface area contributed by atoms with Gasteiger partial charge in [0.05, 0.1) is 12.7 Å². The molecule has 2 aliphatic rings. The minimum absolute atomic E-state index is 0.0131. The summed E-state index contributed by atoms with van der Waals surface area (Å²) in [6, 6.07) is 7.54. The van der Waals surface area contributed by atoms with Crippen LogP contribution in [0.15, 0.2) is 30.3 Å². The molecule has 2 aromatic carbocycles. The highest BCUT2D eigenvalue weighted by Gasteiger charge is 2.31. The fourth-order valence-electron chi connectivity index (χ4n) is 5.99. The van der Waals surface area contributed by atoms with Crippen LogP contribution in [0.4, 0.5) is 13.2 Å². The number of aromatic hydroxyl groups is 1. The topological polar surface area (TPSA) is 49.7 Å². The number of halogens is 3. The van der Waals surface area contributed by atoms with Crippen molar-refractivity contribution in [3.05, 3.63) is 58.9 Å². The summed E-state index contributed by atoms with van der Waals surface area (Å²) in [5, 5.41) is 19.6. The summed E-state index contributed by atoms with van der Waals surface area (Å²) < 4.78 is 49.4. The third-order valence-electron chi connectivity index (χ3n) is 8.17. The Morgan fingerprint density at radius 3 is 1.97 bits per heavy atom. The third kappa shape index (κ3) is 6.14. The third-order valence-corrected chi connectivity index (χ3v) is 8.17. The number of hydrogen-bond donors (Lipinski definition) is 2. The lowest BCUT2D eigenvalue weighted by atomic mass is 9.75. The van der Waals surface area contributed by atoms with Gasteiger partial charge in [-0.2, -0.15) is 0 Å². The minimum Gasteiger partial charge on any atom is -0.505 e. The van der Waals surface area contributed by atoms with Crippen LogP contribution < -0.4 is 4.74 Å². The Kier molecular flexibility index (Phi) is 8.64. The zero-order valence-electron chi connectivity index (χ0n) is 20.5. The van der Waals surface area contributed by atoms with Gasteiger partial charge in [0.2, 0.25) is 0 Å². The molecule has 2 N–H and O–H groups in total. The number of phenols is 1. The molecule has 6 heteroatoms. The molecule has 2 aliphatic carbocycles. The lowest BCUT2D eigenvalue weighted by Crippen LogP contribution is -2.25. The highest BCUT2D eigenvalue weighted by atomic mass is 19.2. The van der Waals surface area contributed by atoms with Gasteiger partial charge in [-0.25, -0.2) is 13.2 Å². The maximum absolute atomic E-state index is 15.1. The molecule has 0 heterocycles. The summed E-state index contributed by atoms with van der Waals surface area (Å²) in [5.41, 5.74) is 0.955. The molecule has 0 saturated heterocycles. The van der Waals surface area contributed by atoms with Crippen molar-refractivity contribution in [2.75, 3.05) is 6.61 Å². The quantitative estimate of drug-likeness (QED) is 0.401. The minimum atomic E-state index is -0.714. The van der Waals surface area contributed by atoms with E-state index in [2.05, 4.69) is 6.92 Å². The van der Waals surface area contributed by atoms with Crippen LogP contribution in [0.3, 0.4) is 0 Å². The van der Waals surface area contributed by atoms with E-state index in [1.807, 2.05) is 0 Å². The van der Waals surface area contributed by atoms with Crippen molar-refractivity contribution in [1.29, 1.82) is 0 Å². The Balaban J connectivity index is 1.31. The van der Waals surface area contributed by atoms with Gasteiger partial charge in [-0.05, 0) is 105 Å². The van der Waals surface area contributed by atoms with E-state index in [0.717, 1.165) is 64.2 Å². The predicted octanol–water partition coefficient (Wildman–Crippen LogP) is 7.60. The Morgan fingerprint density at radius 2 is 1.43 bits per heavy atom. The van der Waals surface area contributed by atoms with Crippen LogP contribution in [0.1, 0.15) is 94.1 Å². The number of ether oxygens (including phenoxy) is 1. The van der Waals surface area contributed by atoms with E-state index in [9.17, 15) is 14.6 Å². The summed E-state index contributed by atoms with van der Waals surface area (Å²) in [6.45, 7) is 2.50. The molecule has 2 aromatic rings. The lowest BCUT2D eigenvalue weighted by molar-refractivity contribution is 0.0727. The Bertz CT molecular complexity index is 979. The van der Waals surface area contributed by atoms with Crippen molar-refractivity contribution >= 4 is 0 Å². The summed E-state index contributed by atoms with van der Waals surface area (Å²) in [4.78, 5) is 0. The first-order chi connectivity index (χ1) is 16.9. The molecule has 3 nitrogen and oxygen atoms in total. The monoisotopic (exact) mass is 490 g/mol. The van der Waals surface area contributed by atoms with E-state index in [1.165, 1.54) is 18.2 Å². The van der Waals surface area contributed by atoms with Crippen molar-refractivity contribution < 1.29 is 28.1 Å². The van der Waals surface area contributed by atoms with Crippen molar-refractivity contribution in [1.82, 2.24) is 0 Å². The highest BCUT2D eigenvalue weighted by Crippen LogP contribution is 2.42. The molecule has 0 aliphatic heterocycles. The van der Waals surface area contributed by atoms with Crippen molar-refractivity contribution in [2.45, 2.75) is 89.1 Å². The maximum atomic E-state index is 15.1. The molecule has 35 heavy (non-hydrogen) atoms. The second-order valence-corrected chi connectivity index (χ2v) is 10.5. The average Bonchev–Trinajstić information content (AvgIpc) is 2.87. The number of phenolic OH excluding ortho intramolecular Hbond substituents is 1. The lowest BCUT2D eigenvalue weighted by Gasteiger charge is -2.32. The first-order valence-electron chi connectivity index (χ1n) is 13.1. The van der Waals surface area contributed by atoms with E-state index < -0.39 is 23.2 Å². The van der Waals surface area contributed by atoms with Gasteiger partial charge >= 0.3 is 0 Å². The summed E-state index contributed by atoms with van der Waals surface area (Å²) >= 11 is 0. The van der Waals surface area contributed by atoms with Gasteiger partial charge in [-0.1, -0.05) is 25.5 Å². The van der Waals surface area contributed by atoms with Gasteiger partial charge in [-0.15, -0.1) is 0 Å². The SMILES string of the molecule is CCCC(O)C1CCC(c2ccc(C3CCC(COc4ccc(O)c(F)c4)CC3)c(F)c2F)CC1. The van der Waals surface area contributed by atoms with Crippen LogP contribution in [-0.2, 0) is 0 Å². The molecule has 2 fully saturated rings. The largest absolute Gasteiger partial charge is 0.505 e. The molecule has 0 amide bonds. The number of aliphatic hydroxyl groups excluding tert-OH is 1. The zero-order valence-corrected chi connectivity index (χ0v) is 20.5. The molecule has 0 aromatic heterocycles. The maximum Gasteiger partial charge on any atom is 0.168 e. The van der Waals surface area contributed by atoms with Crippen molar-refractivity contribution in [2.24, 2.45) is 11.8 Å². The molecule has 2 saturated carbocycles. The first kappa shape index (κ1) is 25.9. The van der Waals surface area contributed by atoms with Crippen LogP contribution in [0.2, 0.25) is 0 Å².